The lowest BCUT2D eigenvalue weighted by Gasteiger charge is -2.03. The van der Waals surface area contributed by atoms with Gasteiger partial charge >= 0.3 is 0 Å². The van der Waals surface area contributed by atoms with Crippen LogP contribution in [0.5, 0.6) is 0 Å². The Morgan fingerprint density at radius 2 is 1.73 bits per heavy atom. The highest BCUT2D eigenvalue weighted by Crippen LogP contribution is 2.34. The van der Waals surface area contributed by atoms with Gasteiger partial charge in [-0.25, -0.2) is 18.4 Å². The lowest BCUT2D eigenvalue weighted by atomic mass is 10.3. The standard InChI is InChI=1S/C7H4Cl2N2O3S/c8-5-1-4(15(10,13)14)2-6(9)7(5)11-3-12/h1-2H,(H2,10,13,14). The van der Waals surface area contributed by atoms with Gasteiger partial charge in [-0.1, -0.05) is 23.2 Å². The molecule has 1 aromatic rings. The lowest BCUT2D eigenvalue weighted by Crippen LogP contribution is -2.11. The third kappa shape index (κ3) is 2.77. The molecule has 1 aromatic carbocycles. The van der Waals surface area contributed by atoms with Gasteiger partial charge in [-0.15, -0.1) is 0 Å². The molecule has 5 nitrogen and oxygen atoms in total. The predicted octanol–water partition coefficient (Wildman–Crippen LogP) is 1.61. The van der Waals surface area contributed by atoms with Gasteiger partial charge in [-0.3, -0.25) is 0 Å². The van der Waals surface area contributed by atoms with E-state index in [4.69, 9.17) is 28.3 Å². The molecular weight excluding hydrogens is 263 g/mol. The summed E-state index contributed by atoms with van der Waals surface area (Å²) in [6.07, 6.45) is 1.25. The molecule has 0 bridgehead atoms. The van der Waals surface area contributed by atoms with Crippen molar-refractivity contribution in [1.29, 1.82) is 0 Å². The normalized spacial score (nSPS) is 10.9. The first-order valence-corrected chi connectivity index (χ1v) is 5.76. The number of isocyanates is 1. The molecular formula is C7H4Cl2N2O3S. The van der Waals surface area contributed by atoms with Gasteiger partial charge in [-0.05, 0) is 12.1 Å². The van der Waals surface area contributed by atoms with Gasteiger partial charge in [0, 0.05) is 0 Å². The average Bonchev–Trinajstić information content (AvgIpc) is 2.09. The Morgan fingerprint density at radius 1 is 1.27 bits per heavy atom. The molecule has 0 saturated heterocycles. The molecule has 0 aromatic heterocycles. The van der Waals surface area contributed by atoms with E-state index in [1.54, 1.807) is 0 Å². The highest BCUT2D eigenvalue weighted by Gasteiger charge is 2.14. The Hall–Kier alpha value is -0.910. The maximum absolute atomic E-state index is 11.0. The maximum Gasteiger partial charge on any atom is 0.240 e. The van der Waals surface area contributed by atoms with Gasteiger partial charge in [0.2, 0.25) is 16.1 Å². The summed E-state index contributed by atoms with van der Waals surface area (Å²) in [5, 5.41) is 4.69. The summed E-state index contributed by atoms with van der Waals surface area (Å²) in [6.45, 7) is 0. The van der Waals surface area contributed by atoms with Gasteiger partial charge in [0.25, 0.3) is 0 Å². The fourth-order valence-electron chi connectivity index (χ4n) is 0.859. The van der Waals surface area contributed by atoms with Crippen LogP contribution < -0.4 is 5.14 Å². The van der Waals surface area contributed by atoms with E-state index in [0.29, 0.717) is 0 Å². The molecule has 1 rings (SSSR count). The molecule has 0 atom stereocenters. The van der Waals surface area contributed by atoms with E-state index < -0.39 is 10.0 Å². The summed E-state index contributed by atoms with van der Waals surface area (Å²) >= 11 is 11.3. The molecule has 0 heterocycles. The number of rotatable bonds is 2. The van der Waals surface area contributed by atoms with Crippen LogP contribution in [0.2, 0.25) is 10.0 Å². The first kappa shape index (κ1) is 12.2. The quantitative estimate of drug-likeness (QED) is 0.651. The van der Waals surface area contributed by atoms with Gasteiger partial charge in [0.1, 0.15) is 5.69 Å². The molecule has 0 amide bonds. The van der Waals surface area contributed by atoms with Crippen molar-refractivity contribution in [3.05, 3.63) is 22.2 Å². The van der Waals surface area contributed by atoms with Crippen molar-refractivity contribution in [2.24, 2.45) is 10.1 Å². The van der Waals surface area contributed by atoms with E-state index in [0.717, 1.165) is 12.1 Å². The summed E-state index contributed by atoms with van der Waals surface area (Å²) < 4.78 is 21.9. The molecule has 2 N–H and O–H groups in total. The van der Waals surface area contributed by atoms with Crippen LogP contribution >= 0.6 is 23.2 Å². The van der Waals surface area contributed by atoms with Gasteiger partial charge < -0.3 is 0 Å². The van der Waals surface area contributed by atoms with E-state index in [1.807, 2.05) is 0 Å². The van der Waals surface area contributed by atoms with Gasteiger partial charge in [0.05, 0.1) is 14.9 Å². The minimum absolute atomic E-state index is 0.0410. The highest BCUT2D eigenvalue weighted by atomic mass is 35.5. The van der Waals surface area contributed by atoms with Crippen LogP contribution in [0.4, 0.5) is 5.69 Å². The second-order valence-corrected chi connectivity index (χ2v) is 4.86. The van der Waals surface area contributed by atoms with Crippen molar-refractivity contribution in [1.82, 2.24) is 0 Å². The number of sulfonamides is 1. The molecule has 0 fully saturated rings. The molecule has 0 saturated carbocycles. The third-order valence-corrected chi connectivity index (χ3v) is 2.95. The lowest BCUT2D eigenvalue weighted by molar-refractivity contribution is 0.565. The van der Waals surface area contributed by atoms with Crippen LogP contribution in [-0.4, -0.2) is 14.5 Å². The fraction of sp³-hybridized carbons (Fsp3) is 0. The Labute approximate surface area is 95.6 Å². The maximum atomic E-state index is 11.0. The number of carbonyl (C=O) groups excluding carboxylic acids is 1. The number of hydrogen-bond acceptors (Lipinski definition) is 4. The number of primary sulfonamides is 1. The summed E-state index contributed by atoms with van der Waals surface area (Å²) in [5.74, 6) is 0. The van der Waals surface area contributed by atoms with E-state index >= 15 is 0 Å². The number of nitrogens with two attached hydrogens (primary N) is 1. The molecule has 8 heteroatoms. The molecule has 0 unspecified atom stereocenters. The number of nitrogens with zero attached hydrogens (tertiary/aromatic N) is 1. The van der Waals surface area contributed by atoms with Crippen LogP contribution in [0, 0.1) is 0 Å². The van der Waals surface area contributed by atoms with Crippen LogP contribution in [0.25, 0.3) is 0 Å². The Morgan fingerprint density at radius 3 is 2.07 bits per heavy atom. The van der Waals surface area contributed by atoms with Gasteiger partial charge in [-0.2, -0.15) is 4.99 Å². The first-order valence-electron chi connectivity index (χ1n) is 3.46. The molecule has 15 heavy (non-hydrogen) atoms. The molecule has 0 aliphatic heterocycles. The first-order chi connectivity index (χ1) is 6.86. The zero-order valence-electron chi connectivity index (χ0n) is 7.07. The number of aliphatic imine (C=N–C) groups is 1. The van der Waals surface area contributed by atoms with E-state index in [-0.39, 0.29) is 20.6 Å². The summed E-state index contributed by atoms with van der Waals surface area (Å²) in [7, 11) is -3.89. The third-order valence-electron chi connectivity index (χ3n) is 1.48. The number of hydrogen-bond donors (Lipinski definition) is 1. The summed E-state index contributed by atoms with van der Waals surface area (Å²) in [4.78, 5) is 13.0. The van der Waals surface area contributed by atoms with E-state index in [2.05, 4.69) is 4.99 Å². The minimum atomic E-state index is -3.89. The summed E-state index contributed by atoms with van der Waals surface area (Å²) in [6, 6.07) is 2.11. The monoisotopic (exact) mass is 266 g/mol. The van der Waals surface area contributed by atoms with Crippen molar-refractivity contribution in [3.63, 3.8) is 0 Å². The molecule has 0 spiro atoms. The largest absolute Gasteiger partial charge is 0.240 e. The highest BCUT2D eigenvalue weighted by molar-refractivity contribution is 7.89. The van der Waals surface area contributed by atoms with Crippen molar-refractivity contribution in [2.75, 3.05) is 0 Å². The Balaban J connectivity index is 3.52. The Kier molecular flexibility index (Phi) is 3.49. The van der Waals surface area contributed by atoms with Crippen LogP contribution in [0.3, 0.4) is 0 Å². The Bertz CT molecular complexity index is 526. The van der Waals surface area contributed by atoms with Crippen LogP contribution in [0.15, 0.2) is 22.0 Å². The van der Waals surface area contributed by atoms with E-state index in [9.17, 15) is 13.2 Å². The molecule has 0 aliphatic rings. The van der Waals surface area contributed by atoms with Crippen molar-refractivity contribution in [3.8, 4) is 0 Å². The van der Waals surface area contributed by atoms with Crippen molar-refractivity contribution < 1.29 is 13.2 Å². The zero-order valence-corrected chi connectivity index (χ0v) is 9.40. The second-order valence-electron chi connectivity index (χ2n) is 2.48. The minimum Gasteiger partial charge on any atom is -0.225 e. The topological polar surface area (TPSA) is 89.6 Å². The number of benzene rings is 1. The number of halogens is 2. The molecule has 0 aliphatic carbocycles. The molecule has 0 radical (unpaired) electrons. The van der Waals surface area contributed by atoms with Crippen LogP contribution in [-0.2, 0) is 14.8 Å². The molecule has 80 valence electrons. The van der Waals surface area contributed by atoms with Crippen LogP contribution in [0.1, 0.15) is 0 Å². The predicted molar refractivity (Wildman–Crippen MR) is 55.6 cm³/mol. The summed E-state index contributed by atoms with van der Waals surface area (Å²) in [5.41, 5.74) is -0.0410. The van der Waals surface area contributed by atoms with Crippen molar-refractivity contribution >= 4 is 45.0 Å². The van der Waals surface area contributed by atoms with Gasteiger partial charge in [0.15, 0.2) is 0 Å². The SMILES string of the molecule is NS(=O)(=O)c1cc(Cl)c(N=C=O)c(Cl)c1. The van der Waals surface area contributed by atoms with Crippen molar-refractivity contribution in [2.45, 2.75) is 4.90 Å². The fourth-order valence-corrected chi connectivity index (χ4v) is 2.12. The smallest absolute Gasteiger partial charge is 0.225 e. The van der Waals surface area contributed by atoms with E-state index in [1.165, 1.54) is 6.08 Å². The second kappa shape index (κ2) is 4.30. The zero-order chi connectivity index (χ0) is 11.6. The average molecular weight is 267 g/mol.